The van der Waals surface area contributed by atoms with Gasteiger partial charge in [0.15, 0.2) is 9.84 Å². The molecule has 9 nitrogen and oxygen atoms in total. The lowest BCUT2D eigenvalue weighted by Gasteiger charge is -2.16. The van der Waals surface area contributed by atoms with Gasteiger partial charge in [-0.25, -0.2) is 8.42 Å². The number of carbonyl (C=O) groups excluding carboxylic acids is 2. The summed E-state index contributed by atoms with van der Waals surface area (Å²) in [6.07, 6.45) is 1.37. The summed E-state index contributed by atoms with van der Waals surface area (Å²) in [5.74, 6) is -0.679. The van der Waals surface area contributed by atoms with Gasteiger partial charge in [-0.05, 0) is 36.8 Å². The first-order chi connectivity index (χ1) is 15.1. The molecular formula is C22H24N4O5S. The lowest BCUT2D eigenvalue weighted by Crippen LogP contribution is -2.26. The fraction of sp³-hybridized carbons (Fsp3) is 0.227. The third kappa shape index (κ3) is 4.97. The molecule has 3 rings (SSSR count). The number of anilines is 2. The predicted molar refractivity (Wildman–Crippen MR) is 122 cm³/mol. The van der Waals surface area contributed by atoms with Crippen LogP contribution in [-0.2, 0) is 14.6 Å². The first kappa shape index (κ1) is 23.0. The highest BCUT2D eigenvalue weighted by molar-refractivity contribution is 7.91. The molecule has 0 fully saturated rings. The number of sulfone groups is 1. The lowest BCUT2D eigenvalue weighted by atomic mass is 10.1. The number of methoxy groups -OCH3 is 1. The molecule has 2 amide bonds. The van der Waals surface area contributed by atoms with E-state index in [0.717, 1.165) is 0 Å². The summed E-state index contributed by atoms with van der Waals surface area (Å²) in [6, 6.07) is 10.1. The van der Waals surface area contributed by atoms with Crippen molar-refractivity contribution in [2.45, 2.75) is 18.7 Å². The molecule has 0 saturated heterocycles. The predicted octanol–water partition coefficient (Wildman–Crippen LogP) is 2.30. The average molecular weight is 457 g/mol. The zero-order chi connectivity index (χ0) is 23.5. The highest BCUT2D eigenvalue weighted by Gasteiger charge is 2.20. The summed E-state index contributed by atoms with van der Waals surface area (Å²) in [6.45, 7) is 3.05. The Kier molecular flexibility index (Phi) is 6.64. The summed E-state index contributed by atoms with van der Waals surface area (Å²) in [5, 5.41) is 6.08. The Morgan fingerprint density at radius 3 is 2.59 bits per heavy atom. The molecule has 1 heterocycles. The summed E-state index contributed by atoms with van der Waals surface area (Å²) in [7, 11) is -2.17. The number of hydrogen-bond donors (Lipinski definition) is 3. The van der Waals surface area contributed by atoms with Crippen LogP contribution in [0.3, 0.4) is 0 Å². The molecule has 0 spiro atoms. The van der Waals surface area contributed by atoms with Crippen LogP contribution in [0.1, 0.15) is 22.8 Å². The van der Waals surface area contributed by atoms with E-state index in [1.807, 2.05) is 0 Å². The molecule has 0 saturated carbocycles. The Bertz CT molecular complexity index is 1310. The lowest BCUT2D eigenvalue weighted by molar-refractivity contribution is -0.118. The fourth-order valence-corrected chi connectivity index (χ4v) is 4.53. The van der Waals surface area contributed by atoms with E-state index in [1.54, 1.807) is 31.2 Å². The fourth-order valence-electron chi connectivity index (χ4n) is 3.27. The second kappa shape index (κ2) is 9.23. The van der Waals surface area contributed by atoms with Crippen molar-refractivity contribution in [3.8, 4) is 5.75 Å². The van der Waals surface area contributed by atoms with Crippen molar-refractivity contribution < 1.29 is 22.7 Å². The second-order valence-corrected chi connectivity index (χ2v) is 9.32. The Morgan fingerprint density at radius 2 is 1.94 bits per heavy atom. The summed E-state index contributed by atoms with van der Waals surface area (Å²) < 4.78 is 31.0. The third-order valence-corrected chi connectivity index (χ3v) is 6.54. The highest BCUT2D eigenvalue weighted by atomic mass is 32.2. The number of hydrogen-bond acceptors (Lipinski definition) is 7. The van der Waals surface area contributed by atoms with E-state index in [4.69, 9.17) is 10.5 Å². The van der Waals surface area contributed by atoms with Crippen molar-refractivity contribution >= 4 is 43.9 Å². The van der Waals surface area contributed by atoms with Crippen molar-refractivity contribution in [2.24, 2.45) is 5.73 Å². The van der Waals surface area contributed by atoms with E-state index < -0.39 is 15.7 Å². The Balaban J connectivity index is 2.16. The van der Waals surface area contributed by atoms with Gasteiger partial charge in [-0.2, -0.15) is 0 Å². The zero-order valence-electron chi connectivity index (χ0n) is 17.9. The van der Waals surface area contributed by atoms with Crippen molar-refractivity contribution in [3.63, 3.8) is 0 Å². The van der Waals surface area contributed by atoms with Crippen molar-refractivity contribution in [3.05, 3.63) is 53.7 Å². The SMILES string of the molecule is COc1cccc(Nc2c(C(N)=O)cnc3c(C)cc(S(=O)(=O)CCNC(C)=O)cc23)c1. The largest absolute Gasteiger partial charge is 0.497 e. The summed E-state index contributed by atoms with van der Waals surface area (Å²) in [5.41, 5.74) is 7.80. The van der Waals surface area contributed by atoms with E-state index >= 15 is 0 Å². The number of nitrogens with one attached hydrogen (secondary N) is 2. The van der Waals surface area contributed by atoms with Gasteiger partial charge in [0.2, 0.25) is 5.91 Å². The van der Waals surface area contributed by atoms with Crippen LogP contribution >= 0.6 is 0 Å². The minimum absolute atomic E-state index is 0.0107. The monoisotopic (exact) mass is 456 g/mol. The van der Waals surface area contributed by atoms with E-state index in [1.165, 1.54) is 32.4 Å². The van der Waals surface area contributed by atoms with Gasteiger partial charge in [0.25, 0.3) is 5.91 Å². The number of pyridine rings is 1. The van der Waals surface area contributed by atoms with Crippen LogP contribution in [0.2, 0.25) is 0 Å². The minimum Gasteiger partial charge on any atom is -0.497 e. The molecule has 10 heteroatoms. The van der Waals surface area contributed by atoms with Crippen molar-refractivity contribution in [1.82, 2.24) is 10.3 Å². The maximum absolute atomic E-state index is 12.9. The van der Waals surface area contributed by atoms with E-state index in [-0.39, 0.29) is 28.7 Å². The first-order valence-electron chi connectivity index (χ1n) is 9.74. The molecule has 3 aromatic rings. The Labute approximate surface area is 185 Å². The number of aryl methyl sites for hydroxylation is 1. The van der Waals surface area contributed by atoms with Gasteiger partial charge in [0, 0.05) is 36.8 Å². The van der Waals surface area contributed by atoms with Crippen molar-refractivity contribution in [2.75, 3.05) is 24.7 Å². The number of ether oxygens (including phenoxy) is 1. The van der Waals surface area contributed by atoms with Crippen LogP contribution in [0.25, 0.3) is 10.9 Å². The molecule has 0 radical (unpaired) electrons. The maximum Gasteiger partial charge on any atom is 0.252 e. The second-order valence-electron chi connectivity index (χ2n) is 7.21. The van der Waals surface area contributed by atoms with Gasteiger partial charge in [-0.3, -0.25) is 14.6 Å². The smallest absolute Gasteiger partial charge is 0.252 e. The maximum atomic E-state index is 12.9. The van der Waals surface area contributed by atoms with E-state index in [2.05, 4.69) is 15.6 Å². The van der Waals surface area contributed by atoms with Gasteiger partial charge in [0.1, 0.15) is 5.75 Å². The molecule has 0 atom stereocenters. The quantitative estimate of drug-likeness (QED) is 0.472. The molecule has 1 aromatic heterocycles. The van der Waals surface area contributed by atoms with Gasteiger partial charge in [0.05, 0.1) is 34.5 Å². The van der Waals surface area contributed by atoms with Crippen LogP contribution < -0.4 is 21.1 Å². The van der Waals surface area contributed by atoms with Crippen molar-refractivity contribution in [1.29, 1.82) is 0 Å². The van der Waals surface area contributed by atoms with Crippen LogP contribution in [0.4, 0.5) is 11.4 Å². The molecule has 0 bridgehead atoms. The van der Waals surface area contributed by atoms with Crippen LogP contribution in [0.15, 0.2) is 47.5 Å². The number of nitrogens with zero attached hydrogens (tertiary/aromatic N) is 1. The highest BCUT2D eigenvalue weighted by Crippen LogP contribution is 2.33. The Morgan fingerprint density at radius 1 is 1.19 bits per heavy atom. The van der Waals surface area contributed by atoms with Gasteiger partial charge in [-0.15, -0.1) is 0 Å². The molecule has 2 aromatic carbocycles. The van der Waals surface area contributed by atoms with Gasteiger partial charge >= 0.3 is 0 Å². The third-order valence-electron chi connectivity index (χ3n) is 4.84. The number of nitrogens with two attached hydrogens (primary N) is 1. The number of amides is 2. The zero-order valence-corrected chi connectivity index (χ0v) is 18.7. The number of benzene rings is 2. The number of carbonyl (C=O) groups is 2. The minimum atomic E-state index is -3.71. The number of fused-ring (bicyclic) bond motifs is 1. The first-order valence-corrected chi connectivity index (χ1v) is 11.4. The summed E-state index contributed by atoms with van der Waals surface area (Å²) >= 11 is 0. The molecular weight excluding hydrogens is 432 g/mol. The molecule has 168 valence electrons. The average Bonchev–Trinajstić information content (AvgIpc) is 2.73. The molecule has 0 aliphatic carbocycles. The van der Waals surface area contributed by atoms with Crippen LogP contribution in [-0.4, -0.2) is 44.6 Å². The van der Waals surface area contributed by atoms with Gasteiger partial charge < -0.3 is 21.1 Å². The molecule has 0 unspecified atom stereocenters. The number of primary amides is 1. The van der Waals surface area contributed by atoms with Crippen LogP contribution in [0.5, 0.6) is 5.75 Å². The molecule has 0 aliphatic rings. The standard InChI is InChI=1S/C22H24N4O5S/c1-13-9-17(32(29,30)8-7-24-14(2)27)11-18-20(13)25-12-19(22(23)28)21(18)26-15-5-4-6-16(10-15)31-3/h4-6,9-12H,7-8H2,1-3H3,(H2,23,28)(H,24,27)(H,25,26). The Hall–Kier alpha value is -3.66. The normalized spacial score (nSPS) is 11.2. The number of aromatic nitrogens is 1. The molecule has 0 aliphatic heterocycles. The molecule has 32 heavy (non-hydrogen) atoms. The van der Waals surface area contributed by atoms with E-state index in [0.29, 0.717) is 33.6 Å². The van der Waals surface area contributed by atoms with Crippen LogP contribution in [0, 0.1) is 6.92 Å². The van der Waals surface area contributed by atoms with E-state index in [9.17, 15) is 18.0 Å². The number of rotatable bonds is 8. The van der Waals surface area contributed by atoms with Gasteiger partial charge in [-0.1, -0.05) is 6.07 Å². The molecule has 4 N–H and O–H groups in total. The summed E-state index contributed by atoms with van der Waals surface area (Å²) in [4.78, 5) is 27.6. The topological polar surface area (TPSA) is 140 Å².